The number of amides is 2. The molecule has 1 unspecified atom stereocenters. The summed E-state index contributed by atoms with van der Waals surface area (Å²) in [6.07, 6.45) is 4.07. The number of anilines is 1. The molecular weight excluding hydrogens is 376 g/mol. The van der Waals surface area contributed by atoms with E-state index < -0.39 is 0 Å². The minimum atomic E-state index is -0.0598. The first-order chi connectivity index (χ1) is 14.4. The molecule has 2 aromatic rings. The van der Waals surface area contributed by atoms with Gasteiger partial charge in [0.15, 0.2) is 0 Å². The summed E-state index contributed by atoms with van der Waals surface area (Å²) in [7, 11) is 3.62. The van der Waals surface area contributed by atoms with Crippen molar-refractivity contribution in [2.24, 2.45) is 5.10 Å². The van der Waals surface area contributed by atoms with Gasteiger partial charge in [0.05, 0.1) is 7.11 Å². The molecule has 6 heteroatoms. The van der Waals surface area contributed by atoms with E-state index in [1.165, 1.54) is 16.7 Å². The molecule has 158 valence electrons. The Morgan fingerprint density at radius 2 is 2.03 bits per heavy atom. The van der Waals surface area contributed by atoms with Gasteiger partial charge >= 0.3 is 6.03 Å². The fraction of sp³-hybridized carbons (Fsp3) is 0.417. The minimum Gasteiger partial charge on any atom is -0.496 e. The summed E-state index contributed by atoms with van der Waals surface area (Å²) < 4.78 is 5.61. The highest BCUT2D eigenvalue weighted by molar-refractivity contribution is 5.90. The molecule has 0 spiro atoms. The van der Waals surface area contributed by atoms with E-state index in [4.69, 9.17) is 4.74 Å². The zero-order chi connectivity index (χ0) is 21.3. The molecule has 0 saturated heterocycles. The number of hydrazone groups is 1. The van der Waals surface area contributed by atoms with Gasteiger partial charge in [-0.05, 0) is 43.9 Å². The minimum absolute atomic E-state index is 0.0598. The van der Waals surface area contributed by atoms with Gasteiger partial charge in [0.1, 0.15) is 5.75 Å². The Hall–Kier alpha value is -3.02. The van der Waals surface area contributed by atoms with E-state index in [0.717, 1.165) is 36.4 Å². The molecule has 2 amide bonds. The fourth-order valence-electron chi connectivity index (χ4n) is 3.95. The Balaban J connectivity index is 1.50. The molecule has 1 N–H and O–H groups in total. The van der Waals surface area contributed by atoms with Gasteiger partial charge in [-0.15, -0.1) is 0 Å². The van der Waals surface area contributed by atoms with Crippen molar-refractivity contribution in [1.82, 2.24) is 9.91 Å². The third-order valence-corrected chi connectivity index (χ3v) is 5.88. The van der Waals surface area contributed by atoms with Gasteiger partial charge in [-0.2, -0.15) is 5.10 Å². The number of nitrogens with one attached hydrogen (secondary N) is 1. The first kappa shape index (κ1) is 20.3. The van der Waals surface area contributed by atoms with Crippen LogP contribution in [0.25, 0.3) is 0 Å². The van der Waals surface area contributed by atoms with Gasteiger partial charge in [-0.1, -0.05) is 29.8 Å². The lowest BCUT2D eigenvalue weighted by Gasteiger charge is -2.24. The molecule has 0 radical (unpaired) electrons. The number of likely N-dealkylation sites (N-methyl/N-ethyl adjacent to an activating group) is 1. The fourth-order valence-corrected chi connectivity index (χ4v) is 3.95. The highest BCUT2D eigenvalue weighted by Gasteiger charge is 2.33. The second-order valence-corrected chi connectivity index (χ2v) is 8.39. The van der Waals surface area contributed by atoms with Crippen molar-refractivity contribution in [3.63, 3.8) is 0 Å². The van der Waals surface area contributed by atoms with E-state index >= 15 is 0 Å². The molecule has 1 fully saturated rings. The number of methoxy groups -OCH3 is 1. The smallest absolute Gasteiger partial charge is 0.322 e. The average Bonchev–Trinajstić information content (AvgIpc) is 3.48. The van der Waals surface area contributed by atoms with Crippen LogP contribution in [0.2, 0.25) is 0 Å². The predicted octanol–water partition coefficient (Wildman–Crippen LogP) is 4.52. The maximum absolute atomic E-state index is 13.1. The van der Waals surface area contributed by atoms with Gasteiger partial charge in [0.25, 0.3) is 0 Å². The number of rotatable bonds is 6. The largest absolute Gasteiger partial charge is 0.496 e. The van der Waals surface area contributed by atoms with Crippen LogP contribution in [0.1, 0.15) is 41.0 Å². The van der Waals surface area contributed by atoms with Gasteiger partial charge < -0.3 is 15.0 Å². The first-order valence-electron chi connectivity index (χ1n) is 10.5. The highest BCUT2D eigenvalue weighted by Crippen LogP contribution is 2.33. The van der Waals surface area contributed by atoms with Crippen molar-refractivity contribution >= 4 is 17.9 Å². The average molecular weight is 407 g/mol. The Kier molecular flexibility index (Phi) is 5.66. The lowest BCUT2D eigenvalue weighted by Crippen LogP contribution is -2.36. The van der Waals surface area contributed by atoms with Crippen molar-refractivity contribution < 1.29 is 9.53 Å². The molecule has 0 aromatic heterocycles. The summed E-state index contributed by atoms with van der Waals surface area (Å²) in [4.78, 5) is 15.1. The quantitative estimate of drug-likeness (QED) is 0.767. The van der Waals surface area contributed by atoms with Crippen LogP contribution in [0.4, 0.5) is 10.5 Å². The molecule has 6 nitrogen and oxygen atoms in total. The molecule has 0 bridgehead atoms. The van der Waals surface area contributed by atoms with E-state index in [1.807, 2.05) is 41.4 Å². The summed E-state index contributed by atoms with van der Waals surface area (Å²) in [6.45, 7) is 5.65. The maximum atomic E-state index is 13.1. The number of carbonyl (C=O) groups is 1. The number of aryl methyl sites for hydroxylation is 2. The summed E-state index contributed by atoms with van der Waals surface area (Å²) in [6, 6.07) is 12.5. The normalized spacial score (nSPS) is 17.9. The van der Waals surface area contributed by atoms with Crippen molar-refractivity contribution in [2.45, 2.75) is 45.2 Å². The standard InChI is InChI=1S/C24H30N4O2/c1-16-5-6-17(2)18(11-16)15-28(21-8-9-21)24(29)26-20-7-10-22(23(12-20)30-4)19-13-25-27(3)14-19/h5-7,10-13,19,21H,8-9,14-15H2,1-4H3,(H,26,29). The van der Waals surface area contributed by atoms with E-state index in [-0.39, 0.29) is 11.9 Å². The molecular formula is C24H30N4O2. The second kappa shape index (κ2) is 8.38. The van der Waals surface area contributed by atoms with Crippen LogP contribution in [-0.2, 0) is 6.54 Å². The number of hydrogen-bond acceptors (Lipinski definition) is 4. The van der Waals surface area contributed by atoms with Crippen LogP contribution < -0.4 is 10.1 Å². The summed E-state index contributed by atoms with van der Waals surface area (Å²) >= 11 is 0. The Morgan fingerprint density at radius 3 is 2.70 bits per heavy atom. The summed E-state index contributed by atoms with van der Waals surface area (Å²) in [5.74, 6) is 0.967. The van der Waals surface area contributed by atoms with Crippen molar-refractivity contribution in [3.8, 4) is 5.75 Å². The van der Waals surface area contributed by atoms with Gasteiger partial charge in [0.2, 0.25) is 0 Å². The van der Waals surface area contributed by atoms with Crippen LogP contribution in [0.3, 0.4) is 0 Å². The van der Waals surface area contributed by atoms with Crippen LogP contribution in [0.15, 0.2) is 41.5 Å². The number of ether oxygens (including phenoxy) is 1. The maximum Gasteiger partial charge on any atom is 0.322 e. The highest BCUT2D eigenvalue weighted by atomic mass is 16.5. The van der Waals surface area contributed by atoms with Crippen LogP contribution in [0, 0.1) is 13.8 Å². The van der Waals surface area contributed by atoms with Gasteiger partial charge in [0, 0.05) is 55.6 Å². The van der Waals surface area contributed by atoms with E-state index in [2.05, 4.69) is 42.5 Å². The third-order valence-electron chi connectivity index (χ3n) is 5.88. The lowest BCUT2D eigenvalue weighted by molar-refractivity contribution is 0.206. The first-order valence-corrected chi connectivity index (χ1v) is 10.5. The van der Waals surface area contributed by atoms with Crippen molar-refractivity contribution in [1.29, 1.82) is 0 Å². The van der Waals surface area contributed by atoms with Gasteiger partial charge in [-0.3, -0.25) is 5.01 Å². The molecule has 30 heavy (non-hydrogen) atoms. The van der Waals surface area contributed by atoms with E-state index in [9.17, 15) is 4.79 Å². The monoisotopic (exact) mass is 406 g/mol. The zero-order valence-electron chi connectivity index (χ0n) is 18.2. The molecule has 2 aliphatic rings. The number of benzene rings is 2. The number of nitrogens with zero attached hydrogens (tertiary/aromatic N) is 3. The Labute approximate surface area is 178 Å². The Morgan fingerprint density at radius 1 is 1.23 bits per heavy atom. The van der Waals surface area contributed by atoms with Crippen LogP contribution in [-0.4, -0.2) is 48.9 Å². The molecule has 1 atom stereocenters. The number of hydrogen-bond donors (Lipinski definition) is 1. The zero-order valence-corrected chi connectivity index (χ0v) is 18.2. The van der Waals surface area contributed by atoms with Crippen LogP contribution in [0.5, 0.6) is 5.75 Å². The SMILES string of the molecule is COc1cc(NC(=O)N(Cc2cc(C)ccc2C)C2CC2)ccc1C1C=NN(C)C1. The predicted molar refractivity (Wildman–Crippen MR) is 120 cm³/mol. The molecule has 1 aliphatic carbocycles. The van der Waals surface area contributed by atoms with Gasteiger partial charge in [-0.25, -0.2) is 4.79 Å². The summed E-state index contributed by atoms with van der Waals surface area (Å²) in [5.41, 5.74) is 5.46. The third kappa shape index (κ3) is 4.42. The van der Waals surface area contributed by atoms with Crippen molar-refractivity contribution in [2.75, 3.05) is 26.0 Å². The number of carbonyl (C=O) groups excluding carboxylic acids is 1. The van der Waals surface area contributed by atoms with E-state index in [0.29, 0.717) is 12.6 Å². The summed E-state index contributed by atoms with van der Waals surface area (Å²) in [5, 5.41) is 9.32. The molecule has 2 aromatic carbocycles. The van der Waals surface area contributed by atoms with Crippen LogP contribution >= 0.6 is 0 Å². The van der Waals surface area contributed by atoms with E-state index in [1.54, 1.807) is 7.11 Å². The lowest BCUT2D eigenvalue weighted by atomic mass is 9.99. The molecule has 4 rings (SSSR count). The second-order valence-electron chi connectivity index (χ2n) is 8.39. The molecule has 1 heterocycles. The Bertz CT molecular complexity index is 968. The topological polar surface area (TPSA) is 57.2 Å². The van der Waals surface area contributed by atoms with Crippen molar-refractivity contribution in [3.05, 3.63) is 58.7 Å². The molecule has 1 saturated carbocycles. The number of urea groups is 1. The molecule has 1 aliphatic heterocycles.